The van der Waals surface area contributed by atoms with E-state index in [1.54, 1.807) is 0 Å². The molecule has 4 fully saturated rings. The molecule has 0 aliphatic carbocycles. The molecule has 27 heteroatoms. The number of ether oxygens (including phenoxy) is 10. The second kappa shape index (κ2) is 23.2. The van der Waals surface area contributed by atoms with E-state index in [0.717, 1.165) is 30.3 Å². The van der Waals surface area contributed by atoms with E-state index < -0.39 is 172 Å². The second-order valence-electron chi connectivity index (χ2n) is 17.8. The average molecular weight is 1050 g/mol. The summed E-state index contributed by atoms with van der Waals surface area (Å²) in [5, 5.41) is 167. The molecule has 5 aliphatic rings. The SMILES string of the molecule is O=C(C=Cc1ccc(O[C@@H]2O[C@H](CO)[C@@H](O)[C@H](O)[C@H]2O)cc1)OC[C@H]1O[C@@H](OC2=Cc3c(O[C@@H]4O[C@H](CO)[C@@H](O)[C@H](O)[C@H]4O)cc(O)cc3O[C@@H]2c2ccc(O)c(O)c2)[C@H](O[C@@H]2OC[C@@H](O)[C@H](O)[C@H]2O)[C@@H](O)[C@@H]1O. The molecule has 5 aliphatic heterocycles. The van der Waals surface area contributed by atoms with Gasteiger partial charge in [-0.25, -0.2) is 4.79 Å². The number of esters is 1. The first-order valence-electron chi connectivity index (χ1n) is 22.9. The van der Waals surface area contributed by atoms with Crippen molar-refractivity contribution in [1.82, 2.24) is 0 Å². The van der Waals surface area contributed by atoms with Gasteiger partial charge in [-0.05, 0) is 42.0 Å². The third-order valence-corrected chi connectivity index (χ3v) is 12.7. The zero-order valence-electron chi connectivity index (χ0n) is 38.4. The Labute approximate surface area is 418 Å². The van der Waals surface area contributed by atoms with Crippen LogP contribution in [-0.4, -0.2) is 231 Å². The molecule has 20 atom stereocenters. The van der Waals surface area contributed by atoms with Gasteiger partial charge in [-0.1, -0.05) is 18.2 Å². The monoisotopic (exact) mass is 1050 g/mol. The van der Waals surface area contributed by atoms with Crippen LogP contribution in [0.25, 0.3) is 12.2 Å². The number of hydrogen-bond donors (Lipinski definition) is 16. The molecule has 406 valence electrons. The summed E-state index contributed by atoms with van der Waals surface area (Å²) < 4.78 is 57.7. The van der Waals surface area contributed by atoms with Crippen molar-refractivity contribution < 1.29 is 134 Å². The minimum absolute atomic E-state index is 0.0701. The van der Waals surface area contributed by atoms with Crippen molar-refractivity contribution in [3.63, 3.8) is 0 Å². The summed E-state index contributed by atoms with van der Waals surface area (Å²) in [6.45, 7) is -2.79. The number of carbonyl (C=O) groups excluding carboxylic acids is 1. The molecule has 0 bridgehead atoms. The number of rotatable bonds is 15. The van der Waals surface area contributed by atoms with Crippen LogP contribution >= 0.6 is 0 Å². The first-order chi connectivity index (χ1) is 35.3. The predicted octanol–water partition coefficient (Wildman–Crippen LogP) is -4.82. The average Bonchev–Trinajstić information content (AvgIpc) is 3.38. The highest BCUT2D eigenvalue weighted by Gasteiger charge is 2.52. The van der Waals surface area contributed by atoms with Gasteiger partial charge in [-0.3, -0.25) is 0 Å². The number of aliphatic hydroxyl groups is 13. The van der Waals surface area contributed by atoms with E-state index in [1.165, 1.54) is 42.5 Å². The fourth-order valence-electron chi connectivity index (χ4n) is 8.45. The number of aromatic hydroxyl groups is 3. The summed E-state index contributed by atoms with van der Waals surface area (Å²) in [5.41, 5.74) is 0.421. The molecule has 0 radical (unpaired) electrons. The van der Waals surface area contributed by atoms with Gasteiger partial charge in [-0.2, -0.15) is 0 Å². The van der Waals surface area contributed by atoms with E-state index >= 15 is 0 Å². The molecule has 16 N–H and O–H groups in total. The lowest BCUT2D eigenvalue weighted by Crippen LogP contribution is -2.63. The molecule has 0 saturated carbocycles. The number of hydrogen-bond acceptors (Lipinski definition) is 27. The maximum Gasteiger partial charge on any atom is 0.330 e. The molecule has 4 saturated heterocycles. The predicted molar refractivity (Wildman–Crippen MR) is 239 cm³/mol. The highest BCUT2D eigenvalue weighted by molar-refractivity contribution is 5.87. The molecule has 3 aromatic carbocycles. The normalized spacial score (nSPS) is 37.3. The van der Waals surface area contributed by atoms with E-state index in [4.69, 9.17) is 47.4 Å². The lowest BCUT2D eigenvalue weighted by atomic mass is 9.97. The minimum atomic E-state index is -2.05. The lowest BCUT2D eigenvalue weighted by Gasteiger charge is -2.45. The van der Waals surface area contributed by atoms with E-state index in [0.29, 0.717) is 5.56 Å². The van der Waals surface area contributed by atoms with E-state index in [2.05, 4.69) is 0 Å². The first kappa shape index (κ1) is 54.7. The van der Waals surface area contributed by atoms with Crippen molar-refractivity contribution in [2.45, 2.75) is 123 Å². The van der Waals surface area contributed by atoms with Gasteiger partial charge >= 0.3 is 5.97 Å². The van der Waals surface area contributed by atoms with Crippen molar-refractivity contribution in [3.05, 3.63) is 83.1 Å². The summed E-state index contributed by atoms with van der Waals surface area (Å²) in [4.78, 5) is 13.1. The minimum Gasteiger partial charge on any atom is -0.508 e. The van der Waals surface area contributed by atoms with Gasteiger partial charge in [0, 0.05) is 23.8 Å². The molecular formula is C47H56O27. The molecule has 3 aromatic rings. The van der Waals surface area contributed by atoms with Gasteiger partial charge in [0.1, 0.15) is 121 Å². The number of fused-ring (bicyclic) bond motifs is 1. The maximum absolute atomic E-state index is 13.1. The van der Waals surface area contributed by atoms with Gasteiger partial charge in [0.2, 0.25) is 18.9 Å². The Bertz CT molecular complexity index is 2450. The Morgan fingerprint density at radius 3 is 1.85 bits per heavy atom. The Balaban J connectivity index is 1.05. The Morgan fingerprint density at radius 1 is 0.608 bits per heavy atom. The number of phenolic OH excluding ortho intramolecular Hbond substituents is 3. The van der Waals surface area contributed by atoms with Crippen LogP contribution in [0.1, 0.15) is 22.8 Å². The zero-order valence-corrected chi connectivity index (χ0v) is 38.4. The fraction of sp³-hybridized carbons (Fsp3) is 0.511. The number of benzene rings is 3. The highest BCUT2D eigenvalue weighted by atomic mass is 16.8. The third kappa shape index (κ3) is 11.6. The smallest absolute Gasteiger partial charge is 0.330 e. The molecule has 5 heterocycles. The van der Waals surface area contributed by atoms with Gasteiger partial charge in [-0.15, -0.1) is 0 Å². The van der Waals surface area contributed by atoms with Crippen molar-refractivity contribution >= 4 is 18.1 Å². The first-order valence-corrected chi connectivity index (χ1v) is 22.9. The van der Waals surface area contributed by atoms with Gasteiger partial charge < -0.3 is 129 Å². The van der Waals surface area contributed by atoms with E-state index in [1.807, 2.05) is 0 Å². The molecule has 0 unspecified atom stereocenters. The van der Waals surface area contributed by atoms with Crippen molar-refractivity contribution in [2.24, 2.45) is 0 Å². The molecular weight excluding hydrogens is 996 g/mol. The summed E-state index contributed by atoms with van der Waals surface area (Å²) in [7, 11) is 0. The molecule has 74 heavy (non-hydrogen) atoms. The van der Waals surface area contributed by atoms with Crippen LogP contribution in [-0.2, 0) is 38.0 Å². The van der Waals surface area contributed by atoms with E-state index in [-0.39, 0.29) is 34.1 Å². The summed E-state index contributed by atoms with van der Waals surface area (Å²) in [5.74, 6) is -3.24. The zero-order chi connectivity index (χ0) is 53.3. The van der Waals surface area contributed by atoms with Crippen LogP contribution < -0.4 is 14.2 Å². The Kier molecular flexibility index (Phi) is 17.1. The number of aliphatic hydroxyl groups excluding tert-OH is 13. The van der Waals surface area contributed by atoms with Crippen LogP contribution in [0.15, 0.2) is 66.4 Å². The summed E-state index contributed by atoms with van der Waals surface area (Å²) in [6.07, 6.45) is -30.7. The highest BCUT2D eigenvalue weighted by Crippen LogP contribution is 2.47. The van der Waals surface area contributed by atoms with Crippen LogP contribution in [0.2, 0.25) is 0 Å². The van der Waals surface area contributed by atoms with Crippen molar-refractivity contribution in [1.29, 1.82) is 0 Å². The Morgan fingerprint density at radius 2 is 1.22 bits per heavy atom. The largest absolute Gasteiger partial charge is 0.508 e. The second-order valence-corrected chi connectivity index (χ2v) is 17.8. The molecule has 0 spiro atoms. The molecule has 8 rings (SSSR count). The molecule has 0 amide bonds. The van der Waals surface area contributed by atoms with E-state index in [9.17, 15) is 86.5 Å². The number of carbonyl (C=O) groups is 1. The Hall–Kier alpha value is -5.51. The van der Waals surface area contributed by atoms with Crippen molar-refractivity contribution in [2.75, 3.05) is 26.4 Å². The quantitative estimate of drug-likeness (QED) is 0.0386. The standard InChI is InChI=1S/C47H56O27/c48-13-28-33(56)36(59)40(63)45(71-28)67-20-5-1-17(2-6-20)3-8-31(54)65-16-30-35(58)38(61)43(74-44-39(62)32(55)24(53)15-66-44)47(73-30)70-27-12-21-25(68-42(27)18-4-7-22(51)23(52)9-18)10-19(50)11-26(21)69-46-41(64)37(60)34(57)29(14-49)72-46/h1-12,24,28-30,32-53,55-64H,13-16H2/t24-,28-,29-,30-,32+,33-,34-,35-,36+,37+,38+,39-,40-,41-,42-,43-,44+,45-,46-,47-/m1/s1. The van der Waals surface area contributed by atoms with Gasteiger partial charge in [0.05, 0.1) is 25.4 Å². The molecule has 0 aromatic heterocycles. The third-order valence-electron chi connectivity index (χ3n) is 12.7. The van der Waals surface area contributed by atoms with Crippen LogP contribution in [0.5, 0.6) is 34.5 Å². The van der Waals surface area contributed by atoms with Gasteiger partial charge in [0.25, 0.3) is 0 Å². The van der Waals surface area contributed by atoms with Crippen LogP contribution in [0.4, 0.5) is 0 Å². The van der Waals surface area contributed by atoms with Crippen molar-refractivity contribution in [3.8, 4) is 34.5 Å². The lowest BCUT2D eigenvalue weighted by molar-refractivity contribution is -0.352. The van der Waals surface area contributed by atoms with Crippen LogP contribution in [0.3, 0.4) is 0 Å². The topological polar surface area (TPSA) is 433 Å². The van der Waals surface area contributed by atoms with Gasteiger partial charge in [0.15, 0.2) is 30.0 Å². The summed E-state index contributed by atoms with van der Waals surface area (Å²) in [6, 6.07) is 11.5. The fourth-order valence-corrected chi connectivity index (χ4v) is 8.45. The molecule has 27 nitrogen and oxygen atoms in total. The number of phenols is 3. The maximum atomic E-state index is 13.1. The van der Waals surface area contributed by atoms with Crippen LogP contribution in [0, 0.1) is 0 Å². The summed E-state index contributed by atoms with van der Waals surface area (Å²) >= 11 is 0.